The summed E-state index contributed by atoms with van der Waals surface area (Å²) in [5.41, 5.74) is 2.05. The number of urea groups is 1. The summed E-state index contributed by atoms with van der Waals surface area (Å²) in [6.07, 6.45) is 1.69. The van der Waals surface area contributed by atoms with Gasteiger partial charge in [0.15, 0.2) is 0 Å². The molecule has 2 aromatic rings. The molecule has 1 aromatic carbocycles. The van der Waals surface area contributed by atoms with Gasteiger partial charge in [0, 0.05) is 25.2 Å². The fourth-order valence-electron chi connectivity index (χ4n) is 2.62. The molecule has 1 aliphatic rings. The Bertz CT molecular complexity index is 720. The summed E-state index contributed by atoms with van der Waals surface area (Å²) in [6, 6.07) is 7.82. The van der Waals surface area contributed by atoms with Gasteiger partial charge in [0.05, 0.1) is 13.2 Å². The van der Waals surface area contributed by atoms with Crippen molar-refractivity contribution in [2.45, 2.75) is 13.5 Å². The number of carbonyl (C=O) groups excluding carboxylic acids is 1. The van der Waals surface area contributed by atoms with Crippen molar-refractivity contribution in [2.24, 2.45) is 0 Å². The van der Waals surface area contributed by atoms with E-state index in [0.717, 1.165) is 5.56 Å². The summed E-state index contributed by atoms with van der Waals surface area (Å²) in [5.74, 6) is 0.923. The number of hydrogen-bond acceptors (Lipinski definition) is 5. The maximum Gasteiger partial charge on any atom is 0.320 e. The lowest BCUT2D eigenvalue weighted by molar-refractivity contribution is 0.0428. The maximum absolute atomic E-state index is 12.7. The van der Waals surface area contributed by atoms with Crippen molar-refractivity contribution in [3.63, 3.8) is 0 Å². The molecule has 0 radical (unpaired) electrons. The van der Waals surface area contributed by atoms with Gasteiger partial charge in [-0.1, -0.05) is 41.1 Å². The van der Waals surface area contributed by atoms with Gasteiger partial charge in [0.2, 0.25) is 11.7 Å². The molecule has 0 spiro atoms. The molecule has 1 saturated heterocycles. The zero-order chi connectivity index (χ0) is 17.6. The van der Waals surface area contributed by atoms with E-state index >= 15 is 0 Å². The second-order valence-electron chi connectivity index (χ2n) is 5.93. The van der Waals surface area contributed by atoms with Crippen LogP contribution < -0.4 is 0 Å². The number of benzene rings is 1. The van der Waals surface area contributed by atoms with Gasteiger partial charge in [0.1, 0.15) is 6.54 Å². The van der Waals surface area contributed by atoms with Gasteiger partial charge in [-0.05, 0) is 6.92 Å². The van der Waals surface area contributed by atoms with Crippen molar-refractivity contribution in [2.75, 3.05) is 32.8 Å². The normalized spacial score (nSPS) is 14.4. The first kappa shape index (κ1) is 17.2. The minimum atomic E-state index is -0.0710. The monoisotopic (exact) mass is 342 g/mol. The first-order valence-corrected chi connectivity index (χ1v) is 8.29. The molecule has 7 heteroatoms. The lowest BCUT2D eigenvalue weighted by Gasteiger charge is -2.31. The van der Waals surface area contributed by atoms with Gasteiger partial charge in [0.25, 0.3) is 0 Å². The number of amides is 2. The second-order valence-corrected chi connectivity index (χ2v) is 5.93. The van der Waals surface area contributed by atoms with E-state index in [4.69, 9.17) is 9.26 Å². The van der Waals surface area contributed by atoms with Crippen molar-refractivity contribution in [1.82, 2.24) is 19.9 Å². The summed E-state index contributed by atoms with van der Waals surface area (Å²) in [4.78, 5) is 20.5. The Labute approximate surface area is 146 Å². The minimum absolute atomic E-state index is 0.0710. The van der Waals surface area contributed by atoms with E-state index in [2.05, 4.69) is 16.7 Å². The van der Waals surface area contributed by atoms with Crippen molar-refractivity contribution >= 4 is 6.03 Å². The van der Waals surface area contributed by atoms with Crippen LogP contribution in [0.5, 0.6) is 0 Å². The standard InChI is InChI=1S/C18H22N4O3/c1-3-8-22(18(23)21-9-11-24-12-10-21)13-16-19-17(20-25-16)15-6-4-14(2)5-7-15/h3-7H,1,8-13H2,2H3. The summed E-state index contributed by atoms with van der Waals surface area (Å²) in [7, 11) is 0. The zero-order valence-corrected chi connectivity index (χ0v) is 14.4. The van der Waals surface area contributed by atoms with Crippen LogP contribution in [-0.4, -0.2) is 58.8 Å². The van der Waals surface area contributed by atoms with E-state index < -0.39 is 0 Å². The first-order valence-electron chi connectivity index (χ1n) is 8.29. The van der Waals surface area contributed by atoms with E-state index in [9.17, 15) is 4.79 Å². The van der Waals surface area contributed by atoms with Crippen LogP contribution in [0.15, 0.2) is 41.4 Å². The molecule has 0 atom stereocenters. The van der Waals surface area contributed by atoms with Crippen LogP contribution in [0, 0.1) is 6.92 Å². The number of ether oxygens (including phenoxy) is 1. The largest absolute Gasteiger partial charge is 0.378 e. The Morgan fingerprint density at radius 1 is 1.32 bits per heavy atom. The van der Waals surface area contributed by atoms with Crippen LogP contribution in [0.4, 0.5) is 4.79 Å². The Hall–Kier alpha value is -2.67. The predicted octanol–water partition coefficient (Wildman–Crippen LogP) is 2.49. The number of aromatic nitrogens is 2. The third kappa shape index (κ3) is 4.24. The molecular weight excluding hydrogens is 320 g/mol. The summed E-state index contributed by atoms with van der Waals surface area (Å²) in [5, 5.41) is 4.02. The van der Waals surface area contributed by atoms with Crippen LogP contribution in [0.3, 0.4) is 0 Å². The molecule has 1 fully saturated rings. The molecule has 132 valence electrons. The molecule has 0 N–H and O–H groups in total. The minimum Gasteiger partial charge on any atom is -0.378 e. The Morgan fingerprint density at radius 3 is 2.72 bits per heavy atom. The molecule has 2 amide bonds. The van der Waals surface area contributed by atoms with Gasteiger partial charge in [-0.2, -0.15) is 4.98 Å². The Morgan fingerprint density at radius 2 is 2.04 bits per heavy atom. The number of hydrogen-bond donors (Lipinski definition) is 0. The van der Waals surface area contributed by atoms with Gasteiger partial charge < -0.3 is 19.1 Å². The van der Waals surface area contributed by atoms with Gasteiger partial charge in [-0.25, -0.2) is 4.79 Å². The SMILES string of the molecule is C=CCN(Cc1nc(-c2ccc(C)cc2)no1)C(=O)N1CCOCC1. The quantitative estimate of drug-likeness (QED) is 0.781. The molecule has 1 aromatic heterocycles. The van der Waals surface area contributed by atoms with E-state index in [-0.39, 0.29) is 12.6 Å². The van der Waals surface area contributed by atoms with Gasteiger partial charge >= 0.3 is 6.03 Å². The molecule has 1 aliphatic heterocycles. The second kappa shape index (κ2) is 7.94. The van der Waals surface area contributed by atoms with Crippen molar-refractivity contribution in [3.8, 4) is 11.4 Å². The van der Waals surface area contributed by atoms with E-state index in [1.807, 2.05) is 31.2 Å². The van der Waals surface area contributed by atoms with Crippen molar-refractivity contribution in [1.29, 1.82) is 0 Å². The van der Waals surface area contributed by atoms with Crippen LogP contribution in [0.1, 0.15) is 11.5 Å². The summed E-state index contributed by atoms with van der Waals surface area (Å²) < 4.78 is 10.6. The topological polar surface area (TPSA) is 71.7 Å². The number of nitrogens with zero attached hydrogens (tertiary/aromatic N) is 4. The highest BCUT2D eigenvalue weighted by Crippen LogP contribution is 2.17. The smallest absolute Gasteiger partial charge is 0.320 e. The fraction of sp³-hybridized carbons (Fsp3) is 0.389. The third-order valence-electron chi connectivity index (χ3n) is 4.01. The molecule has 7 nitrogen and oxygen atoms in total. The lowest BCUT2D eigenvalue weighted by Crippen LogP contribution is -2.48. The van der Waals surface area contributed by atoms with E-state index in [1.54, 1.807) is 15.9 Å². The van der Waals surface area contributed by atoms with Crippen molar-refractivity contribution in [3.05, 3.63) is 48.4 Å². The van der Waals surface area contributed by atoms with Gasteiger partial charge in [-0.15, -0.1) is 6.58 Å². The highest BCUT2D eigenvalue weighted by molar-refractivity contribution is 5.74. The van der Waals surface area contributed by atoms with Crippen molar-refractivity contribution < 1.29 is 14.1 Å². The third-order valence-corrected chi connectivity index (χ3v) is 4.01. The molecule has 2 heterocycles. The van der Waals surface area contributed by atoms with E-state index in [1.165, 1.54) is 5.56 Å². The predicted molar refractivity (Wildman–Crippen MR) is 92.9 cm³/mol. The Balaban J connectivity index is 1.70. The lowest BCUT2D eigenvalue weighted by atomic mass is 10.1. The average Bonchev–Trinajstić information content (AvgIpc) is 3.11. The van der Waals surface area contributed by atoms with E-state index in [0.29, 0.717) is 44.6 Å². The molecule has 25 heavy (non-hydrogen) atoms. The van der Waals surface area contributed by atoms with Crippen LogP contribution in [0.2, 0.25) is 0 Å². The van der Waals surface area contributed by atoms with Crippen LogP contribution in [0.25, 0.3) is 11.4 Å². The summed E-state index contributed by atoms with van der Waals surface area (Å²) >= 11 is 0. The fourth-order valence-corrected chi connectivity index (χ4v) is 2.62. The number of carbonyl (C=O) groups is 1. The zero-order valence-electron chi connectivity index (χ0n) is 14.4. The molecule has 0 bridgehead atoms. The number of rotatable bonds is 5. The molecule has 0 unspecified atom stereocenters. The highest BCUT2D eigenvalue weighted by Gasteiger charge is 2.24. The van der Waals surface area contributed by atoms with Gasteiger partial charge in [-0.3, -0.25) is 0 Å². The molecule has 0 aliphatic carbocycles. The highest BCUT2D eigenvalue weighted by atomic mass is 16.5. The number of morpholine rings is 1. The molecular formula is C18H22N4O3. The Kier molecular flexibility index (Phi) is 5.45. The molecule has 3 rings (SSSR count). The summed E-state index contributed by atoms with van der Waals surface area (Å²) in [6.45, 7) is 8.72. The van der Waals surface area contributed by atoms with Crippen LogP contribution >= 0.6 is 0 Å². The maximum atomic E-state index is 12.7. The number of aryl methyl sites for hydroxylation is 1. The first-order chi connectivity index (χ1) is 12.2. The average molecular weight is 342 g/mol. The molecule has 0 saturated carbocycles. The van der Waals surface area contributed by atoms with Crippen LogP contribution in [-0.2, 0) is 11.3 Å².